The highest BCUT2D eigenvalue weighted by molar-refractivity contribution is 7.94. The number of hydrogen-bond acceptors (Lipinski definition) is 4. The van der Waals surface area contributed by atoms with E-state index >= 15 is 0 Å². The van der Waals surface area contributed by atoms with Crippen LogP contribution in [0.25, 0.3) is 0 Å². The van der Waals surface area contributed by atoms with Gasteiger partial charge in [-0.05, 0) is 60.0 Å². The van der Waals surface area contributed by atoms with Gasteiger partial charge in [0.1, 0.15) is 4.21 Å². The normalized spacial score (nSPS) is 16.2. The Labute approximate surface area is 168 Å². The Bertz CT molecular complexity index is 1090. The highest BCUT2D eigenvalue weighted by atomic mass is 32.2. The average Bonchev–Trinajstić information content (AvgIpc) is 3.24. The van der Waals surface area contributed by atoms with E-state index in [1.807, 2.05) is 12.1 Å². The summed E-state index contributed by atoms with van der Waals surface area (Å²) in [6.45, 7) is 0. The van der Waals surface area contributed by atoms with Gasteiger partial charge in [0.25, 0.3) is 15.9 Å². The van der Waals surface area contributed by atoms with E-state index in [1.54, 1.807) is 41.8 Å². The molecule has 0 radical (unpaired) electrons. The molecule has 7 heteroatoms. The molecule has 4 rings (SSSR count). The van der Waals surface area contributed by atoms with Crippen molar-refractivity contribution in [1.82, 2.24) is 5.32 Å². The molecule has 28 heavy (non-hydrogen) atoms. The first-order chi connectivity index (χ1) is 13.5. The van der Waals surface area contributed by atoms with E-state index < -0.39 is 10.0 Å². The lowest BCUT2D eigenvalue weighted by atomic mass is 9.88. The molecule has 0 saturated carbocycles. The van der Waals surface area contributed by atoms with E-state index in [2.05, 4.69) is 22.2 Å². The third kappa shape index (κ3) is 4.10. The second kappa shape index (κ2) is 7.77. The fourth-order valence-corrected chi connectivity index (χ4v) is 5.48. The maximum Gasteiger partial charge on any atom is 0.271 e. The van der Waals surface area contributed by atoms with Crippen LogP contribution in [0.2, 0.25) is 0 Å². The summed E-state index contributed by atoms with van der Waals surface area (Å²) in [7, 11) is -3.64. The number of rotatable bonds is 5. The monoisotopic (exact) mass is 412 g/mol. The quantitative estimate of drug-likeness (QED) is 0.669. The number of carbonyl (C=O) groups excluding carboxylic acids is 1. The van der Waals surface area contributed by atoms with Crippen molar-refractivity contribution >= 4 is 33.0 Å². The SMILES string of the molecule is O=C(NC1CCc2ccccc2C1)c1cccc(NS(=O)(=O)c2cccs2)c1. The Kier molecular flexibility index (Phi) is 5.19. The zero-order valence-electron chi connectivity index (χ0n) is 15.1. The van der Waals surface area contributed by atoms with E-state index in [0.717, 1.165) is 30.6 Å². The number of amides is 1. The molecule has 0 bridgehead atoms. The van der Waals surface area contributed by atoms with Gasteiger partial charge in [0.2, 0.25) is 0 Å². The third-order valence-electron chi connectivity index (χ3n) is 4.82. The summed E-state index contributed by atoms with van der Waals surface area (Å²) >= 11 is 1.15. The number of thiophene rings is 1. The van der Waals surface area contributed by atoms with Crippen LogP contribution >= 0.6 is 11.3 Å². The van der Waals surface area contributed by atoms with Crippen LogP contribution in [0.4, 0.5) is 5.69 Å². The molecule has 5 nitrogen and oxygen atoms in total. The number of carbonyl (C=O) groups is 1. The summed E-state index contributed by atoms with van der Waals surface area (Å²) in [5, 5.41) is 4.79. The smallest absolute Gasteiger partial charge is 0.271 e. The van der Waals surface area contributed by atoms with Crippen LogP contribution in [0, 0.1) is 0 Å². The zero-order valence-corrected chi connectivity index (χ0v) is 16.7. The maximum atomic E-state index is 12.7. The van der Waals surface area contributed by atoms with Crippen LogP contribution in [0.15, 0.2) is 70.3 Å². The van der Waals surface area contributed by atoms with Crippen LogP contribution in [-0.4, -0.2) is 20.4 Å². The van der Waals surface area contributed by atoms with E-state index in [4.69, 9.17) is 0 Å². The van der Waals surface area contributed by atoms with Crippen LogP contribution in [0.5, 0.6) is 0 Å². The predicted molar refractivity (Wildman–Crippen MR) is 111 cm³/mol. The summed E-state index contributed by atoms with van der Waals surface area (Å²) in [5.74, 6) is -0.193. The Balaban J connectivity index is 1.45. The van der Waals surface area contributed by atoms with Crippen molar-refractivity contribution in [3.8, 4) is 0 Å². The van der Waals surface area contributed by atoms with Crippen molar-refractivity contribution in [1.29, 1.82) is 0 Å². The van der Waals surface area contributed by atoms with Gasteiger partial charge >= 0.3 is 0 Å². The van der Waals surface area contributed by atoms with Crippen molar-refractivity contribution in [2.24, 2.45) is 0 Å². The topological polar surface area (TPSA) is 75.3 Å². The molecule has 1 heterocycles. The molecule has 1 atom stereocenters. The van der Waals surface area contributed by atoms with Gasteiger partial charge in [-0.1, -0.05) is 36.4 Å². The van der Waals surface area contributed by atoms with Crippen molar-refractivity contribution < 1.29 is 13.2 Å². The fourth-order valence-electron chi connectivity index (χ4n) is 3.44. The highest BCUT2D eigenvalue weighted by Crippen LogP contribution is 2.23. The zero-order chi connectivity index (χ0) is 19.6. The molecule has 1 aliphatic rings. The molecule has 3 aromatic rings. The third-order valence-corrected chi connectivity index (χ3v) is 7.60. The lowest BCUT2D eigenvalue weighted by molar-refractivity contribution is 0.0933. The van der Waals surface area contributed by atoms with Crippen molar-refractivity contribution in [3.63, 3.8) is 0 Å². The molecule has 0 saturated heterocycles. The first-order valence-corrected chi connectivity index (χ1v) is 11.4. The van der Waals surface area contributed by atoms with Gasteiger partial charge in [-0.3, -0.25) is 9.52 Å². The molecule has 2 N–H and O–H groups in total. The van der Waals surface area contributed by atoms with Gasteiger partial charge in [-0.2, -0.15) is 0 Å². The number of anilines is 1. The summed E-state index contributed by atoms with van der Waals surface area (Å²) in [5.41, 5.74) is 3.43. The van der Waals surface area contributed by atoms with Gasteiger partial charge in [0, 0.05) is 17.3 Å². The lowest BCUT2D eigenvalue weighted by Crippen LogP contribution is -2.38. The number of hydrogen-bond donors (Lipinski definition) is 2. The van der Waals surface area contributed by atoms with E-state index in [1.165, 1.54) is 11.1 Å². The Morgan fingerprint density at radius 2 is 1.82 bits per heavy atom. The lowest BCUT2D eigenvalue weighted by Gasteiger charge is -2.25. The minimum atomic E-state index is -3.64. The van der Waals surface area contributed by atoms with Crippen LogP contribution < -0.4 is 10.0 Å². The van der Waals surface area contributed by atoms with Gasteiger partial charge < -0.3 is 5.32 Å². The largest absolute Gasteiger partial charge is 0.349 e. The Morgan fingerprint density at radius 1 is 1.00 bits per heavy atom. The van der Waals surface area contributed by atoms with Gasteiger partial charge in [-0.15, -0.1) is 11.3 Å². The van der Waals surface area contributed by atoms with Crippen LogP contribution in [-0.2, 0) is 22.9 Å². The average molecular weight is 413 g/mol. The van der Waals surface area contributed by atoms with E-state index in [-0.39, 0.29) is 16.2 Å². The molecular weight excluding hydrogens is 392 g/mol. The molecule has 2 aromatic carbocycles. The van der Waals surface area contributed by atoms with Crippen molar-refractivity contribution in [2.45, 2.75) is 29.5 Å². The predicted octanol–water partition coefficient (Wildman–Crippen LogP) is 3.84. The summed E-state index contributed by atoms with van der Waals surface area (Å²) < 4.78 is 27.5. The molecule has 1 aliphatic carbocycles. The molecule has 1 unspecified atom stereocenters. The second-order valence-corrected chi connectivity index (χ2v) is 9.66. The standard InChI is InChI=1S/C21H20N2O3S2/c24-21(22-18-11-10-15-5-1-2-6-16(15)13-18)17-7-3-8-19(14-17)23-28(25,26)20-9-4-12-27-20/h1-9,12,14,18,23H,10-11,13H2,(H,22,24). The number of sulfonamides is 1. The summed E-state index contributed by atoms with van der Waals surface area (Å²) in [4.78, 5) is 12.7. The molecule has 144 valence electrons. The van der Waals surface area contributed by atoms with Crippen molar-refractivity contribution in [3.05, 3.63) is 82.7 Å². The first kappa shape index (κ1) is 18.7. The molecule has 0 fully saturated rings. The van der Waals surface area contributed by atoms with Gasteiger partial charge in [0.05, 0.1) is 0 Å². The second-order valence-electron chi connectivity index (χ2n) is 6.80. The summed E-state index contributed by atoms with van der Waals surface area (Å²) in [6, 6.07) is 18.2. The Morgan fingerprint density at radius 3 is 2.61 bits per heavy atom. The molecule has 0 spiro atoms. The number of benzene rings is 2. The number of aryl methyl sites for hydroxylation is 1. The molecule has 0 aliphatic heterocycles. The molecule has 1 amide bonds. The number of fused-ring (bicyclic) bond motifs is 1. The molecule has 1 aromatic heterocycles. The highest BCUT2D eigenvalue weighted by Gasteiger charge is 2.21. The van der Waals surface area contributed by atoms with Gasteiger partial charge in [0.15, 0.2) is 0 Å². The summed E-state index contributed by atoms with van der Waals surface area (Å²) in [6.07, 6.45) is 2.65. The van der Waals surface area contributed by atoms with Gasteiger partial charge in [-0.25, -0.2) is 8.42 Å². The first-order valence-electron chi connectivity index (χ1n) is 9.05. The van der Waals surface area contributed by atoms with Crippen molar-refractivity contribution in [2.75, 3.05) is 4.72 Å². The maximum absolute atomic E-state index is 12.7. The minimum absolute atomic E-state index is 0.0777. The van der Waals surface area contributed by atoms with Crippen LogP contribution in [0.3, 0.4) is 0 Å². The molecular formula is C21H20N2O3S2. The van der Waals surface area contributed by atoms with E-state index in [0.29, 0.717) is 11.3 Å². The fraction of sp³-hybridized carbons (Fsp3) is 0.190. The number of nitrogens with one attached hydrogen (secondary N) is 2. The minimum Gasteiger partial charge on any atom is -0.349 e. The van der Waals surface area contributed by atoms with Crippen LogP contribution in [0.1, 0.15) is 27.9 Å². The Hall–Kier alpha value is -2.64. The van der Waals surface area contributed by atoms with E-state index in [9.17, 15) is 13.2 Å².